The number of nitrogen functional groups attached to an aromatic ring is 1. The van der Waals surface area contributed by atoms with Gasteiger partial charge in [0.25, 0.3) is 0 Å². The fraction of sp³-hybridized carbons (Fsp3) is 0.600. The van der Waals surface area contributed by atoms with Crippen LogP contribution in [0.4, 0.5) is 17.6 Å². The molecule has 1 aromatic heterocycles. The van der Waals surface area contributed by atoms with Gasteiger partial charge in [0, 0.05) is 19.7 Å². The number of nitrogens with two attached hydrogens (primary N) is 1. The van der Waals surface area contributed by atoms with Crippen LogP contribution in [0.2, 0.25) is 0 Å². The first-order chi connectivity index (χ1) is 7.52. The summed E-state index contributed by atoms with van der Waals surface area (Å²) < 4.78 is 0. The summed E-state index contributed by atoms with van der Waals surface area (Å²) in [5, 5.41) is 15.5. The summed E-state index contributed by atoms with van der Waals surface area (Å²) in [5.74, 6) is 1.66. The van der Waals surface area contributed by atoms with Crippen molar-refractivity contribution in [1.29, 1.82) is 0 Å². The van der Waals surface area contributed by atoms with Gasteiger partial charge in [-0.15, -0.1) is 0 Å². The van der Waals surface area contributed by atoms with Crippen molar-refractivity contribution in [2.75, 3.05) is 30.0 Å². The van der Waals surface area contributed by atoms with E-state index < -0.39 is 6.10 Å². The molecule has 1 atom stereocenters. The molecule has 0 bridgehead atoms. The molecule has 0 spiro atoms. The third-order valence-electron chi connectivity index (χ3n) is 2.26. The summed E-state index contributed by atoms with van der Waals surface area (Å²) in [6.45, 7) is 4.36. The molecule has 16 heavy (non-hydrogen) atoms. The average molecular weight is 225 g/mol. The van der Waals surface area contributed by atoms with Crippen molar-refractivity contribution in [2.45, 2.75) is 20.0 Å². The van der Waals surface area contributed by atoms with E-state index in [4.69, 9.17) is 5.73 Å². The summed E-state index contributed by atoms with van der Waals surface area (Å²) in [4.78, 5) is 7.99. The molecule has 0 amide bonds. The third kappa shape index (κ3) is 3.54. The lowest BCUT2D eigenvalue weighted by Crippen LogP contribution is -2.25. The highest BCUT2D eigenvalue weighted by Gasteiger charge is 2.09. The van der Waals surface area contributed by atoms with Gasteiger partial charge < -0.3 is 21.5 Å². The quantitative estimate of drug-likeness (QED) is 0.584. The third-order valence-corrected chi connectivity index (χ3v) is 2.26. The molecule has 0 saturated carbocycles. The maximum atomic E-state index is 9.63. The van der Waals surface area contributed by atoms with E-state index in [0.29, 0.717) is 18.2 Å². The minimum Gasteiger partial charge on any atom is -0.391 e. The topological polar surface area (TPSA) is 96.1 Å². The molecule has 6 nitrogen and oxygen atoms in total. The molecular weight excluding hydrogens is 206 g/mol. The molecule has 0 fully saturated rings. The Labute approximate surface area is 95.3 Å². The standard InChI is InChI=1S/C10H19N5O/c1-6(2)7(16)5-13-9-4-8(12-3)14-10(11)15-9/h4,6-7,16H,5H2,1-3H3,(H4,11,12,13,14,15). The summed E-state index contributed by atoms with van der Waals surface area (Å²) in [7, 11) is 1.76. The van der Waals surface area contributed by atoms with Crippen LogP contribution in [0.5, 0.6) is 0 Å². The SMILES string of the molecule is CNc1cc(NCC(O)C(C)C)nc(N)n1. The van der Waals surface area contributed by atoms with Crippen LogP contribution in [0.3, 0.4) is 0 Å². The molecular formula is C10H19N5O. The second kappa shape index (κ2) is 5.50. The van der Waals surface area contributed by atoms with E-state index in [0.717, 1.165) is 0 Å². The number of aromatic nitrogens is 2. The Bertz CT molecular complexity index is 342. The second-order valence-electron chi connectivity index (χ2n) is 3.94. The van der Waals surface area contributed by atoms with Crippen LogP contribution in [0, 0.1) is 5.92 Å². The molecule has 90 valence electrons. The monoisotopic (exact) mass is 225 g/mol. The molecule has 1 rings (SSSR count). The van der Waals surface area contributed by atoms with Crippen LogP contribution in [-0.4, -0.2) is 34.8 Å². The van der Waals surface area contributed by atoms with Crippen LogP contribution >= 0.6 is 0 Å². The summed E-state index contributed by atoms with van der Waals surface area (Å²) in [6.07, 6.45) is -0.408. The highest BCUT2D eigenvalue weighted by Crippen LogP contribution is 2.12. The van der Waals surface area contributed by atoms with Gasteiger partial charge >= 0.3 is 0 Å². The lowest BCUT2D eigenvalue weighted by molar-refractivity contribution is 0.138. The van der Waals surface area contributed by atoms with E-state index >= 15 is 0 Å². The number of rotatable bonds is 5. The zero-order chi connectivity index (χ0) is 12.1. The highest BCUT2D eigenvalue weighted by molar-refractivity contribution is 5.50. The summed E-state index contributed by atoms with van der Waals surface area (Å²) in [6, 6.07) is 1.74. The van der Waals surface area contributed by atoms with Crippen LogP contribution in [0.1, 0.15) is 13.8 Å². The fourth-order valence-electron chi connectivity index (χ4n) is 1.13. The van der Waals surface area contributed by atoms with Gasteiger partial charge in [0.2, 0.25) is 5.95 Å². The van der Waals surface area contributed by atoms with Crippen molar-refractivity contribution in [3.05, 3.63) is 6.07 Å². The largest absolute Gasteiger partial charge is 0.391 e. The van der Waals surface area contributed by atoms with Gasteiger partial charge in [-0.3, -0.25) is 0 Å². The predicted octanol–water partition coefficient (Wildman–Crippen LogP) is 0.529. The molecule has 0 aliphatic carbocycles. The molecule has 0 saturated heterocycles. The van der Waals surface area contributed by atoms with Crippen LogP contribution in [-0.2, 0) is 0 Å². The Hall–Kier alpha value is -1.56. The Morgan fingerprint density at radius 2 is 2.00 bits per heavy atom. The smallest absolute Gasteiger partial charge is 0.223 e. The molecule has 6 heteroatoms. The van der Waals surface area contributed by atoms with E-state index in [2.05, 4.69) is 20.6 Å². The van der Waals surface area contributed by atoms with E-state index in [1.807, 2.05) is 13.8 Å². The molecule has 0 aromatic carbocycles. The first kappa shape index (κ1) is 12.5. The van der Waals surface area contributed by atoms with Crippen molar-refractivity contribution in [1.82, 2.24) is 9.97 Å². The molecule has 5 N–H and O–H groups in total. The van der Waals surface area contributed by atoms with Crippen molar-refractivity contribution in [3.8, 4) is 0 Å². The Kier molecular flexibility index (Phi) is 4.30. The zero-order valence-electron chi connectivity index (χ0n) is 9.86. The number of nitrogens with zero attached hydrogens (tertiary/aromatic N) is 2. The minimum atomic E-state index is -0.408. The van der Waals surface area contributed by atoms with Gasteiger partial charge in [0.15, 0.2) is 0 Å². The Morgan fingerprint density at radius 1 is 1.38 bits per heavy atom. The number of aliphatic hydroxyl groups excluding tert-OH is 1. The fourth-order valence-corrected chi connectivity index (χ4v) is 1.13. The average Bonchev–Trinajstić information content (AvgIpc) is 2.24. The molecule has 0 radical (unpaired) electrons. The van der Waals surface area contributed by atoms with Crippen LogP contribution in [0.25, 0.3) is 0 Å². The van der Waals surface area contributed by atoms with Gasteiger partial charge in [-0.1, -0.05) is 13.8 Å². The van der Waals surface area contributed by atoms with Gasteiger partial charge in [0.05, 0.1) is 6.10 Å². The van der Waals surface area contributed by atoms with E-state index in [1.54, 1.807) is 13.1 Å². The van der Waals surface area contributed by atoms with Crippen LogP contribution < -0.4 is 16.4 Å². The van der Waals surface area contributed by atoms with Gasteiger partial charge in [-0.05, 0) is 5.92 Å². The molecule has 1 aromatic rings. The van der Waals surface area contributed by atoms with Crippen LogP contribution in [0.15, 0.2) is 6.07 Å². The molecule has 1 heterocycles. The lowest BCUT2D eigenvalue weighted by atomic mass is 10.1. The normalized spacial score (nSPS) is 12.6. The first-order valence-electron chi connectivity index (χ1n) is 5.27. The number of hydrogen-bond acceptors (Lipinski definition) is 6. The second-order valence-corrected chi connectivity index (χ2v) is 3.94. The van der Waals surface area contributed by atoms with Gasteiger partial charge in [-0.2, -0.15) is 9.97 Å². The molecule has 0 aliphatic rings. The number of anilines is 3. The Balaban J connectivity index is 2.63. The summed E-state index contributed by atoms with van der Waals surface area (Å²) >= 11 is 0. The zero-order valence-corrected chi connectivity index (χ0v) is 9.86. The molecule has 1 unspecified atom stereocenters. The lowest BCUT2D eigenvalue weighted by Gasteiger charge is -2.15. The Morgan fingerprint density at radius 3 is 2.56 bits per heavy atom. The van der Waals surface area contributed by atoms with Crippen molar-refractivity contribution in [2.24, 2.45) is 5.92 Å². The summed E-state index contributed by atoms with van der Waals surface area (Å²) in [5.41, 5.74) is 5.54. The first-order valence-corrected chi connectivity index (χ1v) is 5.27. The number of aliphatic hydroxyl groups is 1. The number of nitrogens with one attached hydrogen (secondary N) is 2. The van der Waals surface area contributed by atoms with E-state index in [1.165, 1.54) is 0 Å². The van der Waals surface area contributed by atoms with E-state index in [9.17, 15) is 5.11 Å². The van der Waals surface area contributed by atoms with Gasteiger partial charge in [0.1, 0.15) is 11.6 Å². The highest BCUT2D eigenvalue weighted by atomic mass is 16.3. The van der Waals surface area contributed by atoms with Crippen molar-refractivity contribution < 1.29 is 5.11 Å². The van der Waals surface area contributed by atoms with E-state index in [-0.39, 0.29) is 11.9 Å². The van der Waals surface area contributed by atoms with Gasteiger partial charge in [-0.25, -0.2) is 0 Å². The van der Waals surface area contributed by atoms with Crippen molar-refractivity contribution >= 4 is 17.6 Å². The van der Waals surface area contributed by atoms with Crippen molar-refractivity contribution in [3.63, 3.8) is 0 Å². The maximum absolute atomic E-state index is 9.63. The molecule has 0 aliphatic heterocycles. The maximum Gasteiger partial charge on any atom is 0.223 e. The number of hydrogen-bond donors (Lipinski definition) is 4. The minimum absolute atomic E-state index is 0.202. The predicted molar refractivity (Wildman–Crippen MR) is 65.3 cm³/mol.